The highest BCUT2D eigenvalue weighted by Gasteiger charge is 2.19. The van der Waals surface area contributed by atoms with Crippen LogP contribution < -0.4 is 0 Å². The number of carbonyl (C=O) groups excluding carboxylic acids is 1. The van der Waals surface area contributed by atoms with Crippen LogP contribution in [0, 0.1) is 0 Å². The molecule has 1 aromatic heterocycles. The Morgan fingerprint density at radius 1 is 1.21 bits per heavy atom. The van der Waals surface area contributed by atoms with Gasteiger partial charge in [-0.1, -0.05) is 54.1 Å². The zero-order valence-electron chi connectivity index (χ0n) is 13.3. The third-order valence-corrected chi connectivity index (χ3v) is 4.82. The second-order valence-corrected chi connectivity index (χ2v) is 6.57. The zero-order valence-corrected chi connectivity index (χ0v) is 15.6. The first-order valence-corrected chi connectivity index (χ1v) is 8.78. The molecule has 1 heterocycles. The molecule has 0 saturated carbocycles. The molecule has 5 heteroatoms. The molecular formula is C19H16Cl2O2S. The summed E-state index contributed by atoms with van der Waals surface area (Å²) in [4.78, 5) is 12.6. The fourth-order valence-corrected chi connectivity index (χ4v) is 3.67. The molecule has 2 nitrogen and oxygen atoms in total. The highest BCUT2D eigenvalue weighted by molar-refractivity contribution is 7.12. The Kier molecular flexibility index (Phi) is 6.44. The Hall–Kier alpha value is -1.81. The van der Waals surface area contributed by atoms with E-state index in [4.69, 9.17) is 27.9 Å². The molecule has 0 atom stereocenters. The summed E-state index contributed by atoms with van der Waals surface area (Å²) in [5, 5.41) is 2.94. The van der Waals surface area contributed by atoms with Gasteiger partial charge in [-0.15, -0.1) is 11.3 Å². The standard InChI is InChI=1S/C19H16Cl2O2S/c1-4-6-14(16-9-10-24-18(16)19(22)23-3)13(5-2)15-8-7-12(20)11-17(15)21/h4-11H,2H2,1,3H3/b6-4-,14-13-. The van der Waals surface area contributed by atoms with Crippen molar-refractivity contribution >= 4 is 51.7 Å². The van der Waals surface area contributed by atoms with Crippen LogP contribution >= 0.6 is 34.5 Å². The van der Waals surface area contributed by atoms with E-state index in [1.165, 1.54) is 18.4 Å². The molecule has 0 aliphatic heterocycles. The third kappa shape index (κ3) is 3.81. The summed E-state index contributed by atoms with van der Waals surface area (Å²) >= 11 is 13.7. The van der Waals surface area contributed by atoms with E-state index in [0.717, 1.165) is 22.3 Å². The van der Waals surface area contributed by atoms with Crippen LogP contribution in [0.15, 0.2) is 54.5 Å². The van der Waals surface area contributed by atoms with Crippen molar-refractivity contribution in [1.82, 2.24) is 0 Å². The molecule has 2 aromatic rings. The van der Waals surface area contributed by atoms with Gasteiger partial charge in [-0.3, -0.25) is 0 Å². The summed E-state index contributed by atoms with van der Waals surface area (Å²) in [5.74, 6) is -0.368. The van der Waals surface area contributed by atoms with Gasteiger partial charge in [-0.25, -0.2) is 4.79 Å². The van der Waals surface area contributed by atoms with Crippen molar-refractivity contribution in [2.24, 2.45) is 0 Å². The number of halogens is 2. The maximum absolute atomic E-state index is 12.0. The van der Waals surface area contributed by atoms with Crippen LogP contribution in [0.25, 0.3) is 11.1 Å². The van der Waals surface area contributed by atoms with Gasteiger partial charge in [0.1, 0.15) is 4.88 Å². The lowest BCUT2D eigenvalue weighted by Crippen LogP contribution is -2.02. The third-order valence-electron chi connectivity index (χ3n) is 3.38. The van der Waals surface area contributed by atoms with Crippen molar-refractivity contribution in [2.75, 3.05) is 7.11 Å². The van der Waals surface area contributed by atoms with Crippen molar-refractivity contribution in [3.63, 3.8) is 0 Å². The summed E-state index contributed by atoms with van der Waals surface area (Å²) in [5.41, 5.74) is 3.24. The van der Waals surface area contributed by atoms with Gasteiger partial charge in [0, 0.05) is 21.2 Å². The number of benzene rings is 1. The monoisotopic (exact) mass is 378 g/mol. The molecule has 0 unspecified atom stereocenters. The summed E-state index contributed by atoms with van der Waals surface area (Å²) in [6.07, 6.45) is 5.56. The van der Waals surface area contributed by atoms with Crippen molar-refractivity contribution in [3.8, 4) is 0 Å². The largest absolute Gasteiger partial charge is 0.465 e. The normalized spacial score (nSPS) is 12.2. The Morgan fingerprint density at radius 3 is 2.54 bits per heavy atom. The lowest BCUT2D eigenvalue weighted by atomic mass is 9.94. The van der Waals surface area contributed by atoms with E-state index in [1.807, 2.05) is 36.6 Å². The van der Waals surface area contributed by atoms with Crippen molar-refractivity contribution in [1.29, 1.82) is 0 Å². The van der Waals surface area contributed by atoms with Gasteiger partial charge in [0.15, 0.2) is 0 Å². The lowest BCUT2D eigenvalue weighted by molar-refractivity contribution is 0.0606. The number of carbonyl (C=O) groups is 1. The highest BCUT2D eigenvalue weighted by Crippen LogP contribution is 2.36. The van der Waals surface area contributed by atoms with Gasteiger partial charge < -0.3 is 4.74 Å². The summed E-state index contributed by atoms with van der Waals surface area (Å²) in [6, 6.07) is 7.19. The number of hydrogen-bond acceptors (Lipinski definition) is 3. The molecule has 0 N–H and O–H groups in total. The molecule has 0 aliphatic carbocycles. The number of esters is 1. The number of allylic oxidation sites excluding steroid dienone is 5. The molecule has 0 amide bonds. The van der Waals surface area contributed by atoms with Gasteiger partial charge >= 0.3 is 5.97 Å². The van der Waals surface area contributed by atoms with Gasteiger partial charge in [0.25, 0.3) is 0 Å². The van der Waals surface area contributed by atoms with Crippen molar-refractivity contribution in [3.05, 3.63) is 80.5 Å². The van der Waals surface area contributed by atoms with Crippen LogP contribution in [-0.2, 0) is 4.74 Å². The van der Waals surface area contributed by atoms with Crippen LogP contribution in [0.2, 0.25) is 10.0 Å². The number of thiophene rings is 1. The van der Waals surface area contributed by atoms with Crippen molar-refractivity contribution < 1.29 is 9.53 Å². The first-order valence-electron chi connectivity index (χ1n) is 7.14. The summed E-state index contributed by atoms with van der Waals surface area (Å²) in [6.45, 7) is 5.82. The minimum atomic E-state index is -0.368. The smallest absolute Gasteiger partial charge is 0.348 e. The van der Waals surface area contributed by atoms with E-state index in [9.17, 15) is 4.79 Å². The zero-order chi connectivity index (χ0) is 17.7. The maximum atomic E-state index is 12.0. The minimum Gasteiger partial charge on any atom is -0.465 e. The Balaban J connectivity index is 2.75. The van der Waals surface area contributed by atoms with Crippen LogP contribution in [0.1, 0.15) is 27.7 Å². The first-order chi connectivity index (χ1) is 11.5. The second-order valence-electron chi connectivity index (χ2n) is 4.81. The van der Waals surface area contributed by atoms with E-state index in [2.05, 4.69) is 6.58 Å². The van der Waals surface area contributed by atoms with E-state index in [-0.39, 0.29) is 5.97 Å². The quantitative estimate of drug-likeness (QED) is 0.437. The molecule has 0 fully saturated rings. The van der Waals surface area contributed by atoms with Gasteiger partial charge in [0.2, 0.25) is 0 Å². The van der Waals surface area contributed by atoms with E-state index < -0.39 is 0 Å². The van der Waals surface area contributed by atoms with E-state index in [0.29, 0.717) is 14.9 Å². The van der Waals surface area contributed by atoms with E-state index in [1.54, 1.807) is 18.2 Å². The minimum absolute atomic E-state index is 0.368. The first kappa shape index (κ1) is 18.5. The number of rotatable bonds is 5. The number of ether oxygens (including phenoxy) is 1. The van der Waals surface area contributed by atoms with Crippen LogP contribution in [0.5, 0.6) is 0 Å². The molecule has 0 bridgehead atoms. The van der Waals surface area contributed by atoms with Gasteiger partial charge in [-0.05, 0) is 41.6 Å². The molecule has 1 aromatic carbocycles. The fraction of sp³-hybridized carbons (Fsp3) is 0.105. The molecular weight excluding hydrogens is 363 g/mol. The van der Waals surface area contributed by atoms with Gasteiger partial charge in [0.05, 0.1) is 7.11 Å². The van der Waals surface area contributed by atoms with Crippen LogP contribution in [0.4, 0.5) is 0 Å². The lowest BCUT2D eigenvalue weighted by Gasteiger charge is -2.12. The molecule has 0 spiro atoms. The average molecular weight is 379 g/mol. The summed E-state index contributed by atoms with van der Waals surface area (Å²) < 4.78 is 4.88. The molecule has 0 aliphatic rings. The van der Waals surface area contributed by atoms with Crippen molar-refractivity contribution in [2.45, 2.75) is 6.92 Å². The average Bonchev–Trinajstić information content (AvgIpc) is 3.05. The number of hydrogen-bond donors (Lipinski definition) is 0. The number of methoxy groups -OCH3 is 1. The molecule has 2 rings (SSSR count). The molecule has 24 heavy (non-hydrogen) atoms. The topological polar surface area (TPSA) is 26.3 Å². The fourth-order valence-electron chi connectivity index (χ4n) is 2.34. The SMILES string of the molecule is C=C/C(=C(\C=C/C)c1ccsc1C(=O)OC)c1ccc(Cl)cc1Cl. The maximum Gasteiger partial charge on any atom is 0.348 e. The molecule has 0 saturated heterocycles. The molecule has 0 radical (unpaired) electrons. The highest BCUT2D eigenvalue weighted by atomic mass is 35.5. The van der Waals surface area contributed by atoms with E-state index >= 15 is 0 Å². The van der Waals surface area contributed by atoms with Crippen LogP contribution in [-0.4, -0.2) is 13.1 Å². The van der Waals surface area contributed by atoms with Crippen LogP contribution in [0.3, 0.4) is 0 Å². The second kappa shape index (κ2) is 8.34. The summed E-state index contributed by atoms with van der Waals surface area (Å²) in [7, 11) is 1.37. The Morgan fingerprint density at radius 2 is 1.96 bits per heavy atom. The predicted molar refractivity (Wildman–Crippen MR) is 104 cm³/mol. The van der Waals surface area contributed by atoms with Gasteiger partial charge in [-0.2, -0.15) is 0 Å². The Labute approximate surface area is 155 Å². The predicted octanol–water partition coefficient (Wildman–Crippen LogP) is 6.51. The Bertz CT molecular complexity index is 832. The molecule has 124 valence electrons.